The Balaban J connectivity index is 1.60. The monoisotopic (exact) mass is 442 g/mol. The van der Waals surface area contributed by atoms with Gasteiger partial charge in [-0.1, -0.05) is 12.1 Å². The predicted octanol–water partition coefficient (Wildman–Crippen LogP) is 2.87. The number of fused-ring (bicyclic) bond motifs is 1. The van der Waals surface area contributed by atoms with Crippen molar-refractivity contribution in [3.05, 3.63) is 46.3 Å². The number of likely N-dealkylation sites (tertiary alicyclic amines) is 1. The van der Waals surface area contributed by atoms with E-state index in [1.165, 1.54) is 28.4 Å². The third kappa shape index (κ3) is 4.20. The molecule has 2 aromatic heterocycles. The summed E-state index contributed by atoms with van der Waals surface area (Å²) >= 11 is 1.36. The third-order valence-corrected chi connectivity index (χ3v) is 6.18. The highest BCUT2D eigenvalue weighted by molar-refractivity contribution is 7.18. The van der Waals surface area contributed by atoms with E-state index >= 15 is 0 Å². The Bertz CT molecular complexity index is 1160. The maximum atomic E-state index is 13.6. The van der Waals surface area contributed by atoms with Crippen LogP contribution in [0.1, 0.15) is 34.0 Å². The van der Waals surface area contributed by atoms with Gasteiger partial charge in [-0.25, -0.2) is 14.4 Å². The maximum absolute atomic E-state index is 13.6. The van der Waals surface area contributed by atoms with E-state index in [4.69, 9.17) is 0 Å². The van der Waals surface area contributed by atoms with E-state index in [1.807, 2.05) is 13.8 Å². The summed E-state index contributed by atoms with van der Waals surface area (Å²) in [4.78, 5) is 41.7. The molecule has 0 radical (unpaired) electrons. The van der Waals surface area contributed by atoms with Gasteiger partial charge in [0.05, 0.1) is 17.0 Å². The highest BCUT2D eigenvalue weighted by Crippen LogP contribution is 2.29. The fraction of sp³-hybridized carbons (Fsp3) is 0.381. The van der Waals surface area contributed by atoms with Crippen LogP contribution in [0.5, 0.6) is 0 Å². The molecule has 1 aliphatic rings. The highest BCUT2D eigenvalue weighted by Gasteiger charge is 2.38. The zero-order chi connectivity index (χ0) is 22.3. The minimum Gasteiger partial charge on any atom is -0.348 e. The molecule has 3 heterocycles. The Kier molecular flexibility index (Phi) is 5.57. The molecular formula is C21H23FN6O2S. The number of thiazole rings is 1. The number of hydrogen-bond donors (Lipinski definition) is 1. The van der Waals surface area contributed by atoms with Crippen molar-refractivity contribution in [1.82, 2.24) is 24.8 Å². The van der Waals surface area contributed by atoms with Gasteiger partial charge in [0.15, 0.2) is 11.3 Å². The summed E-state index contributed by atoms with van der Waals surface area (Å²) in [6.07, 6.45) is 0. The first-order chi connectivity index (χ1) is 14.7. The molecule has 1 N–H and O–H groups in total. The molecule has 1 saturated heterocycles. The molecule has 3 aromatic rings. The van der Waals surface area contributed by atoms with Crippen LogP contribution in [0, 0.1) is 18.7 Å². The number of carbonyl (C=O) groups is 2. The number of nitrogens with one attached hydrogen (secondary N) is 1. The lowest BCUT2D eigenvalue weighted by Crippen LogP contribution is -2.55. The number of aryl methyl sites for hydroxylation is 1. The second-order valence-corrected chi connectivity index (χ2v) is 9.05. The minimum absolute atomic E-state index is 0.0109. The molecule has 162 valence electrons. The van der Waals surface area contributed by atoms with Crippen LogP contribution in [0.4, 0.5) is 10.3 Å². The van der Waals surface area contributed by atoms with Crippen LogP contribution in [0.15, 0.2) is 24.3 Å². The van der Waals surface area contributed by atoms with Gasteiger partial charge < -0.3 is 15.1 Å². The fourth-order valence-corrected chi connectivity index (χ4v) is 4.35. The van der Waals surface area contributed by atoms with Crippen LogP contribution in [-0.2, 0) is 4.79 Å². The van der Waals surface area contributed by atoms with Crippen LogP contribution in [0.3, 0.4) is 0 Å². The molecule has 10 heteroatoms. The molecule has 0 aliphatic carbocycles. The Morgan fingerprint density at radius 2 is 2.00 bits per heavy atom. The summed E-state index contributed by atoms with van der Waals surface area (Å²) in [6, 6.07) is 6.00. The average Bonchev–Trinajstić information content (AvgIpc) is 3.05. The third-order valence-electron chi connectivity index (χ3n) is 5.22. The summed E-state index contributed by atoms with van der Waals surface area (Å²) in [6.45, 7) is 4.44. The number of carbonyl (C=O) groups excluding carboxylic acids is 2. The van der Waals surface area contributed by atoms with Crippen LogP contribution in [0.25, 0.3) is 10.3 Å². The lowest BCUT2D eigenvalue weighted by atomic mass is 9.98. The quantitative estimate of drug-likeness (QED) is 0.653. The van der Waals surface area contributed by atoms with Crippen molar-refractivity contribution in [2.45, 2.75) is 19.9 Å². The van der Waals surface area contributed by atoms with Crippen molar-refractivity contribution in [2.75, 3.05) is 32.5 Å². The average molecular weight is 443 g/mol. The first kappa shape index (κ1) is 21.1. The topological polar surface area (TPSA) is 91.3 Å². The van der Waals surface area contributed by atoms with Gasteiger partial charge in [0.1, 0.15) is 10.5 Å². The number of anilines is 1. The maximum Gasteiger partial charge on any atom is 0.274 e. The molecule has 4 rings (SSSR count). The van der Waals surface area contributed by atoms with Crippen molar-refractivity contribution in [3.63, 3.8) is 0 Å². The van der Waals surface area contributed by atoms with Gasteiger partial charge in [-0.05, 0) is 31.5 Å². The summed E-state index contributed by atoms with van der Waals surface area (Å²) in [5.41, 5.74) is 1.44. The molecule has 0 saturated carbocycles. The van der Waals surface area contributed by atoms with Crippen LogP contribution in [-0.4, -0.2) is 63.8 Å². The second-order valence-electron chi connectivity index (χ2n) is 7.84. The normalized spacial score (nSPS) is 14.9. The fourth-order valence-electron chi connectivity index (χ4n) is 3.51. The molecule has 0 bridgehead atoms. The standard InChI is InChI=1S/C21H23FN6O2S/c1-11(13-6-5-7-15(22)8-13)23-21-25-16(17-18(26-21)24-12(2)31-17)20(30)28-9-14(10-28)19(29)27(3)4/h5-8,11,14H,9-10H2,1-4H3,(H,23,25,26)/t11-/m0/s1. The lowest BCUT2D eigenvalue weighted by Gasteiger charge is -2.39. The van der Waals surface area contributed by atoms with Gasteiger partial charge >= 0.3 is 0 Å². The van der Waals surface area contributed by atoms with Crippen molar-refractivity contribution in [3.8, 4) is 0 Å². The summed E-state index contributed by atoms with van der Waals surface area (Å²) in [5, 5.41) is 3.92. The Hall–Kier alpha value is -3.14. The van der Waals surface area contributed by atoms with Crippen LogP contribution >= 0.6 is 11.3 Å². The van der Waals surface area contributed by atoms with E-state index in [2.05, 4.69) is 20.3 Å². The number of amides is 2. The van der Waals surface area contributed by atoms with Gasteiger partial charge in [-0.3, -0.25) is 9.59 Å². The first-order valence-electron chi connectivity index (χ1n) is 9.90. The van der Waals surface area contributed by atoms with Gasteiger partial charge in [-0.2, -0.15) is 4.98 Å². The number of halogens is 1. The minimum atomic E-state index is -0.326. The van der Waals surface area contributed by atoms with Crippen LogP contribution in [0.2, 0.25) is 0 Å². The first-order valence-corrected chi connectivity index (χ1v) is 10.7. The Labute approximate surface area is 183 Å². The number of nitrogens with zero attached hydrogens (tertiary/aromatic N) is 5. The zero-order valence-corrected chi connectivity index (χ0v) is 18.5. The van der Waals surface area contributed by atoms with Gasteiger partial charge in [0.25, 0.3) is 5.91 Å². The van der Waals surface area contributed by atoms with E-state index in [0.29, 0.717) is 23.4 Å². The number of rotatable bonds is 5. The molecule has 1 aliphatic heterocycles. The van der Waals surface area contributed by atoms with E-state index < -0.39 is 0 Å². The largest absolute Gasteiger partial charge is 0.348 e. The summed E-state index contributed by atoms with van der Waals surface area (Å²) in [7, 11) is 3.41. The van der Waals surface area contributed by atoms with E-state index in [-0.39, 0.29) is 41.2 Å². The number of hydrogen-bond acceptors (Lipinski definition) is 7. The van der Waals surface area contributed by atoms with Crippen molar-refractivity contribution < 1.29 is 14.0 Å². The van der Waals surface area contributed by atoms with Gasteiger partial charge in [0.2, 0.25) is 11.9 Å². The van der Waals surface area contributed by atoms with E-state index in [1.54, 1.807) is 31.1 Å². The second kappa shape index (κ2) is 8.18. The molecule has 31 heavy (non-hydrogen) atoms. The SMILES string of the molecule is Cc1nc2nc(N[C@@H](C)c3cccc(F)c3)nc(C(=O)N3CC(C(=O)N(C)C)C3)c2s1. The summed E-state index contributed by atoms with van der Waals surface area (Å²) < 4.78 is 14.2. The molecule has 8 nitrogen and oxygen atoms in total. The highest BCUT2D eigenvalue weighted by atomic mass is 32.1. The molecule has 1 aromatic carbocycles. The van der Waals surface area contributed by atoms with Crippen molar-refractivity contribution in [1.29, 1.82) is 0 Å². The van der Waals surface area contributed by atoms with Gasteiger partial charge in [-0.15, -0.1) is 11.3 Å². The van der Waals surface area contributed by atoms with Crippen molar-refractivity contribution in [2.24, 2.45) is 5.92 Å². The summed E-state index contributed by atoms with van der Waals surface area (Å²) in [5.74, 6) is -0.505. The molecule has 1 fully saturated rings. The zero-order valence-electron chi connectivity index (χ0n) is 17.7. The van der Waals surface area contributed by atoms with Gasteiger partial charge in [0, 0.05) is 27.2 Å². The number of benzene rings is 1. The molecule has 2 amide bonds. The molecule has 0 unspecified atom stereocenters. The number of aromatic nitrogens is 3. The predicted molar refractivity (Wildman–Crippen MR) is 116 cm³/mol. The smallest absolute Gasteiger partial charge is 0.274 e. The molecule has 0 spiro atoms. The van der Waals surface area contributed by atoms with Crippen LogP contribution < -0.4 is 5.32 Å². The van der Waals surface area contributed by atoms with E-state index in [9.17, 15) is 14.0 Å². The Morgan fingerprint density at radius 1 is 1.26 bits per heavy atom. The molecule has 1 atom stereocenters. The molecular weight excluding hydrogens is 419 g/mol. The lowest BCUT2D eigenvalue weighted by molar-refractivity contribution is -0.137. The van der Waals surface area contributed by atoms with E-state index in [0.717, 1.165) is 10.6 Å². The Morgan fingerprint density at radius 3 is 2.68 bits per heavy atom. The van der Waals surface area contributed by atoms with Crippen molar-refractivity contribution >= 4 is 39.4 Å².